The van der Waals surface area contributed by atoms with Gasteiger partial charge >= 0.3 is 0 Å². The lowest BCUT2D eigenvalue weighted by atomic mass is 10.2. The molecule has 2 heterocycles. The molecule has 0 radical (unpaired) electrons. The summed E-state index contributed by atoms with van der Waals surface area (Å²) in [6, 6.07) is 2.19. The minimum atomic E-state index is 0.675. The molecule has 2 rings (SSSR count). The number of hydrogen-bond donors (Lipinski definition) is 1. The molecule has 0 saturated carbocycles. The van der Waals surface area contributed by atoms with Gasteiger partial charge in [-0.1, -0.05) is 12.2 Å². The van der Waals surface area contributed by atoms with E-state index in [9.17, 15) is 0 Å². The smallest absolute Gasteiger partial charge is 0.0277 e. The molecule has 1 aliphatic rings. The van der Waals surface area contributed by atoms with Gasteiger partial charge in [-0.05, 0) is 17.0 Å². The molecular weight excluding hydrogens is 180 g/mol. The molecule has 3 heteroatoms. The maximum Gasteiger partial charge on any atom is 0.0277 e. The van der Waals surface area contributed by atoms with Gasteiger partial charge in [0.1, 0.15) is 0 Å². The summed E-state index contributed by atoms with van der Waals surface area (Å²) in [5.41, 5.74) is 7.04. The molecule has 0 saturated heterocycles. The van der Waals surface area contributed by atoms with E-state index in [4.69, 9.17) is 5.73 Å². The average molecular weight is 194 g/mol. The third-order valence-corrected chi connectivity index (χ3v) is 3.30. The maximum atomic E-state index is 5.65. The van der Waals surface area contributed by atoms with Gasteiger partial charge in [0.25, 0.3) is 0 Å². The highest BCUT2D eigenvalue weighted by Gasteiger charge is 2.09. The third-order valence-electron chi connectivity index (χ3n) is 2.31. The predicted molar refractivity (Wildman–Crippen MR) is 56.6 cm³/mol. The van der Waals surface area contributed by atoms with Crippen LogP contribution in [-0.4, -0.2) is 18.0 Å². The molecule has 13 heavy (non-hydrogen) atoms. The van der Waals surface area contributed by atoms with Crippen molar-refractivity contribution in [1.29, 1.82) is 0 Å². The Morgan fingerprint density at radius 1 is 1.38 bits per heavy atom. The summed E-state index contributed by atoms with van der Waals surface area (Å²) in [6.07, 6.45) is 4.43. The molecule has 2 N–H and O–H groups in total. The van der Waals surface area contributed by atoms with Crippen LogP contribution in [0.2, 0.25) is 0 Å². The minimum absolute atomic E-state index is 0.675. The topological polar surface area (TPSA) is 29.3 Å². The molecule has 0 amide bonds. The van der Waals surface area contributed by atoms with E-state index < -0.39 is 0 Å². The first-order valence-electron chi connectivity index (χ1n) is 4.53. The molecule has 0 aromatic carbocycles. The first-order valence-corrected chi connectivity index (χ1v) is 5.41. The van der Waals surface area contributed by atoms with E-state index in [1.807, 2.05) is 0 Å². The summed E-state index contributed by atoms with van der Waals surface area (Å²) in [5, 5.41) is 2.13. The van der Waals surface area contributed by atoms with Crippen LogP contribution in [0.5, 0.6) is 0 Å². The second-order valence-electron chi connectivity index (χ2n) is 3.24. The zero-order valence-electron chi connectivity index (χ0n) is 7.57. The molecule has 0 atom stereocenters. The molecule has 0 unspecified atom stereocenters. The average Bonchev–Trinajstić information content (AvgIpc) is 2.76. The van der Waals surface area contributed by atoms with E-state index in [1.165, 1.54) is 10.4 Å². The summed E-state index contributed by atoms with van der Waals surface area (Å²) < 4.78 is 0. The van der Waals surface area contributed by atoms with E-state index in [0.29, 0.717) is 6.54 Å². The van der Waals surface area contributed by atoms with E-state index in [0.717, 1.165) is 19.6 Å². The molecule has 0 aliphatic carbocycles. The molecule has 2 nitrogen and oxygen atoms in total. The zero-order valence-corrected chi connectivity index (χ0v) is 8.39. The van der Waals surface area contributed by atoms with Crippen LogP contribution in [0.1, 0.15) is 10.4 Å². The van der Waals surface area contributed by atoms with E-state index in [2.05, 4.69) is 28.5 Å². The first kappa shape index (κ1) is 8.94. The lowest BCUT2D eigenvalue weighted by molar-refractivity contribution is 0.345. The quantitative estimate of drug-likeness (QED) is 0.740. The van der Waals surface area contributed by atoms with Crippen LogP contribution in [0.15, 0.2) is 23.6 Å². The van der Waals surface area contributed by atoms with Crippen molar-refractivity contribution in [3.05, 3.63) is 34.0 Å². The van der Waals surface area contributed by atoms with Crippen LogP contribution in [0, 0.1) is 0 Å². The van der Waals surface area contributed by atoms with Gasteiger partial charge in [0.2, 0.25) is 0 Å². The van der Waals surface area contributed by atoms with Crippen molar-refractivity contribution in [1.82, 2.24) is 4.90 Å². The molecule has 0 bridgehead atoms. The molecule has 70 valence electrons. The molecule has 0 fully saturated rings. The van der Waals surface area contributed by atoms with Gasteiger partial charge in [-0.25, -0.2) is 0 Å². The van der Waals surface area contributed by atoms with Crippen molar-refractivity contribution in [3.8, 4) is 0 Å². The highest BCUT2D eigenvalue weighted by Crippen LogP contribution is 2.18. The van der Waals surface area contributed by atoms with Gasteiger partial charge in [-0.3, -0.25) is 4.90 Å². The van der Waals surface area contributed by atoms with Gasteiger partial charge in [0.05, 0.1) is 0 Å². The Bertz CT molecular complexity index is 296. The number of rotatable bonds is 3. The Hall–Kier alpha value is -0.640. The molecular formula is C10H14N2S. The normalized spacial score (nSPS) is 17.0. The number of nitrogens with zero attached hydrogens (tertiary/aromatic N) is 1. The third kappa shape index (κ3) is 1.99. The van der Waals surface area contributed by atoms with Crippen molar-refractivity contribution in [2.45, 2.75) is 13.1 Å². The fraction of sp³-hybridized carbons (Fsp3) is 0.400. The minimum Gasteiger partial charge on any atom is -0.326 e. The SMILES string of the molecule is NCc1sccc1CN1CC=CC1. The van der Waals surface area contributed by atoms with Gasteiger partial charge in [-0.15, -0.1) is 11.3 Å². The molecule has 1 aromatic rings. The second-order valence-corrected chi connectivity index (χ2v) is 4.24. The molecule has 0 spiro atoms. The van der Waals surface area contributed by atoms with Gasteiger partial charge < -0.3 is 5.73 Å². The maximum absolute atomic E-state index is 5.65. The van der Waals surface area contributed by atoms with E-state index in [1.54, 1.807) is 11.3 Å². The summed E-state index contributed by atoms with van der Waals surface area (Å²) in [6.45, 7) is 3.89. The first-order chi connectivity index (χ1) is 6.40. The van der Waals surface area contributed by atoms with Crippen molar-refractivity contribution in [2.75, 3.05) is 13.1 Å². The Morgan fingerprint density at radius 3 is 2.85 bits per heavy atom. The van der Waals surface area contributed by atoms with Crippen molar-refractivity contribution in [3.63, 3.8) is 0 Å². The zero-order chi connectivity index (χ0) is 9.10. The Balaban J connectivity index is 2.00. The molecule has 1 aliphatic heterocycles. The summed E-state index contributed by atoms with van der Waals surface area (Å²) in [4.78, 5) is 3.73. The lowest BCUT2D eigenvalue weighted by Crippen LogP contribution is -2.19. The molecule has 1 aromatic heterocycles. The largest absolute Gasteiger partial charge is 0.326 e. The summed E-state index contributed by atoms with van der Waals surface area (Å²) in [7, 11) is 0. The van der Waals surface area contributed by atoms with Crippen molar-refractivity contribution in [2.24, 2.45) is 5.73 Å². The second kappa shape index (κ2) is 4.05. The van der Waals surface area contributed by atoms with Crippen molar-refractivity contribution >= 4 is 11.3 Å². The predicted octanol–water partition coefficient (Wildman–Crippen LogP) is 1.58. The Morgan fingerprint density at radius 2 is 2.15 bits per heavy atom. The lowest BCUT2D eigenvalue weighted by Gasteiger charge is -2.14. The van der Waals surface area contributed by atoms with Crippen LogP contribution in [0.4, 0.5) is 0 Å². The van der Waals surface area contributed by atoms with Gasteiger partial charge in [0, 0.05) is 31.1 Å². The van der Waals surface area contributed by atoms with Gasteiger partial charge in [-0.2, -0.15) is 0 Å². The monoisotopic (exact) mass is 194 g/mol. The Kier molecular flexibility index (Phi) is 2.78. The fourth-order valence-corrected chi connectivity index (χ4v) is 2.36. The standard InChI is InChI=1S/C10H14N2S/c11-7-10-9(3-6-13-10)8-12-4-1-2-5-12/h1-3,6H,4-5,7-8,11H2. The van der Waals surface area contributed by atoms with Crippen molar-refractivity contribution < 1.29 is 0 Å². The van der Waals surface area contributed by atoms with Crippen LogP contribution < -0.4 is 5.73 Å². The Labute approximate surface area is 82.7 Å². The fourth-order valence-electron chi connectivity index (χ4n) is 1.58. The number of nitrogens with two attached hydrogens (primary N) is 1. The van der Waals surface area contributed by atoms with E-state index >= 15 is 0 Å². The highest BCUT2D eigenvalue weighted by atomic mass is 32.1. The van der Waals surface area contributed by atoms with Gasteiger partial charge in [0.15, 0.2) is 0 Å². The number of thiophene rings is 1. The summed E-state index contributed by atoms with van der Waals surface area (Å²) >= 11 is 1.76. The summed E-state index contributed by atoms with van der Waals surface area (Å²) in [5.74, 6) is 0. The van der Waals surface area contributed by atoms with Crippen LogP contribution >= 0.6 is 11.3 Å². The van der Waals surface area contributed by atoms with Crippen LogP contribution in [0.25, 0.3) is 0 Å². The van der Waals surface area contributed by atoms with Crippen LogP contribution in [-0.2, 0) is 13.1 Å². The highest BCUT2D eigenvalue weighted by molar-refractivity contribution is 7.10. The van der Waals surface area contributed by atoms with E-state index in [-0.39, 0.29) is 0 Å². The van der Waals surface area contributed by atoms with Crippen LogP contribution in [0.3, 0.4) is 0 Å². The number of hydrogen-bond acceptors (Lipinski definition) is 3.